The number of hydrogen-bond acceptors (Lipinski definition) is 4. The van der Waals surface area contributed by atoms with Gasteiger partial charge in [-0.3, -0.25) is 9.59 Å². The van der Waals surface area contributed by atoms with Crippen molar-refractivity contribution in [3.63, 3.8) is 0 Å². The van der Waals surface area contributed by atoms with Crippen LogP contribution in [0.1, 0.15) is 21.5 Å². The summed E-state index contributed by atoms with van der Waals surface area (Å²) in [6, 6.07) is 20.1. The van der Waals surface area contributed by atoms with Gasteiger partial charge in [-0.15, -0.1) is 5.10 Å². The highest BCUT2D eigenvalue weighted by Crippen LogP contribution is 2.30. The lowest BCUT2D eigenvalue weighted by Crippen LogP contribution is -2.20. The van der Waals surface area contributed by atoms with Crippen molar-refractivity contribution in [3.05, 3.63) is 117 Å². The maximum Gasteiger partial charge on any atom is 0.416 e. The SMILES string of the molecule is O=C(Nc1cccc(C(F)(F)F)c1)c1ccc(-n2nc(OCc3ccc(Cl)cc3)ccc2=O)cc1. The molecule has 3 aromatic carbocycles. The Morgan fingerprint density at radius 1 is 0.971 bits per heavy atom. The third kappa shape index (κ3) is 6.07. The van der Waals surface area contributed by atoms with Gasteiger partial charge in [-0.05, 0) is 60.2 Å². The van der Waals surface area contributed by atoms with Gasteiger partial charge in [0.25, 0.3) is 11.5 Å². The summed E-state index contributed by atoms with van der Waals surface area (Å²) in [6.07, 6.45) is -4.52. The molecule has 178 valence electrons. The molecule has 6 nitrogen and oxygen atoms in total. The topological polar surface area (TPSA) is 73.2 Å². The summed E-state index contributed by atoms with van der Waals surface area (Å²) in [7, 11) is 0. The first-order valence-electron chi connectivity index (χ1n) is 10.3. The Kier molecular flexibility index (Phi) is 6.88. The summed E-state index contributed by atoms with van der Waals surface area (Å²) in [6.45, 7) is 0.219. The van der Waals surface area contributed by atoms with E-state index in [1.807, 2.05) is 12.1 Å². The van der Waals surface area contributed by atoms with Gasteiger partial charge in [0.05, 0.1) is 11.3 Å². The first-order chi connectivity index (χ1) is 16.7. The molecule has 0 aliphatic heterocycles. The van der Waals surface area contributed by atoms with E-state index in [1.54, 1.807) is 12.1 Å². The lowest BCUT2D eigenvalue weighted by molar-refractivity contribution is -0.137. The number of nitrogens with one attached hydrogen (secondary N) is 1. The number of aromatic nitrogens is 2. The first-order valence-corrected chi connectivity index (χ1v) is 10.6. The number of carbonyl (C=O) groups excluding carboxylic acids is 1. The molecular formula is C25H17ClF3N3O3. The standard InChI is InChI=1S/C25H17ClF3N3O3/c26-19-8-4-16(5-9-19)15-35-22-12-13-23(33)32(31-22)21-10-6-17(7-11-21)24(34)30-20-3-1-2-18(14-20)25(27,28)29/h1-14H,15H2,(H,30,34). The first kappa shape index (κ1) is 24.0. The van der Waals surface area contributed by atoms with Gasteiger partial charge in [0.1, 0.15) is 6.61 Å². The second-order valence-electron chi connectivity index (χ2n) is 7.42. The average Bonchev–Trinajstić information content (AvgIpc) is 2.84. The molecule has 4 rings (SSSR count). The Morgan fingerprint density at radius 2 is 1.69 bits per heavy atom. The summed E-state index contributed by atoms with van der Waals surface area (Å²) in [4.78, 5) is 24.8. The maximum absolute atomic E-state index is 12.9. The molecule has 0 atom stereocenters. The van der Waals surface area contributed by atoms with E-state index in [1.165, 1.54) is 48.5 Å². The van der Waals surface area contributed by atoms with Gasteiger partial charge in [-0.1, -0.05) is 29.8 Å². The molecule has 10 heteroatoms. The van der Waals surface area contributed by atoms with Gasteiger partial charge in [-0.25, -0.2) is 0 Å². The lowest BCUT2D eigenvalue weighted by atomic mass is 10.1. The van der Waals surface area contributed by atoms with Crippen LogP contribution >= 0.6 is 11.6 Å². The molecular weight excluding hydrogens is 483 g/mol. The molecule has 0 unspecified atom stereocenters. The van der Waals surface area contributed by atoms with Crippen molar-refractivity contribution < 1.29 is 22.7 Å². The van der Waals surface area contributed by atoms with Crippen LogP contribution in [0, 0.1) is 0 Å². The van der Waals surface area contributed by atoms with E-state index < -0.39 is 23.2 Å². The number of rotatable bonds is 6. The van der Waals surface area contributed by atoms with Crippen molar-refractivity contribution in [3.8, 4) is 11.6 Å². The zero-order valence-corrected chi connectivity index (χ0v) is 18.7. The number of amides is 1. The third-order valence-corrected chi connectivity index (χ3v) is 5.15. The number of anilines is 1. The van der Waals surface area contributed by atoms with Crippen molar-refractivity contribution in [2.24, 2.45) is 0 Å². The molecule has 0 spiro atoms. The number of hydrogen-bond donors (Lipinski definition) is 1. The van der Waals surface area contributed by atoms with Crippen LogP contribution < -0.4 is 15.6 Å². The Labute approximate surface area is 202 Å². The van der Waals surface area contributed by atoms with Crippen LogP contribution in [0.5, 0.6) is 5.88 Å². The van der Waals surface area contributed by atoms with E-state index in [9.17, 15) is 22.8 Å². The van der Waals surface area contributed by atoms with Gasteiger partial charge in [0, 0.05) is 28.4 Å². The van der Waals surface area contributed by atoms with E-state index in [0.717, 1.165) is 22.4 Å². The Bertz CT molecular complexity index is 1400. The monoisotopic (exact) mass is 499 g/mol. The number of ether oxygens (including phenoxy) is 1. The van der Waals surface area contributed by atoms with Gasteiger partial charge in [-0.2, -0.15) is 17.9 Å². The number of nitrogens with zero attached hydrogens (tertiary/aromatic N) is 2. The van der Waals surface area contributed by atoms with E-state index in [-0.39, 0.29) is 23.7 Å². The van der Waals surface area contributed by atoms with Crippen molar-refractivity contribution >= 4 is 23.2 Å². The Balaban J connectivity index is 1.47. The highest BCUT2D eigenvalue weighted by molar-refractivity contribution is 6.30. The molecule has 1 N–H and O–H groups in total. The van der Waals surface area contributed by atoms with Crippen molar-refractivity contribution in [1.29, 1.82) is 0 Å². The number of carbonyl (C=O) groups is 1. The molecule has 1 aromatic heterocycles. The minimum Gasteiger partial charge on any atom is -0.472 e. The molecule has 0 bridgehead atoms. The van der Waals surface area contributed by atoms with Crippen LogP contribution in [0.2, 0.25) is 5.02 Å². The van der Waals surface area contributed by atoms with Crippen LogP contribution in [0.15, 0.2) is 89.7 Å². The molecule has 4 aromatic rings. The van der Waals surface area contributed by atoms with Gasteiger partial charge in [0.2, 0.25) is 5.88 Å². The zero-order chi connectivity index (χ0) is 25.0. The zero-order valence-electron chi connectivity index (χ0n) is 17.9. The number of halogens is 4. The van der Waals surface area contributed by atoms with Gasteiger partial charge < -0.3 is 10.1 Å². The Hall–Kier alpha value is -4.11. The van der Waals surface area contributed by atoms with E-state index in [0.29, 0.717) is 10.7 Å². The normalized spacial score (nSPS) is 11.2. The molecule has 0 saturated carbocycles. The second-order valence-corrected chi connectivity index (χ2v) is 7.85. The van der Waals surface area contributed by atoms with Gasteiger partial charge >= 0.3 is 6.18 Å². The molecule has 1 heterocycles. The molecule has 0 fully saturated rings. The van der Waals surface area contributed by atoms with Crippen LogP contribution in [0.25, 0.3) is 5.69 Å². The molecule has 35 heavy (non-hydrogen) atoms. The fourth-order valence-electron chi connectivity index (χ4n) is 3.12. The summed E-state index contributed by atoms with van der Waals surface area (Å²) < 4.78 is 45.4. The number of alkyl halides is 3. The highest BCUT2D eigenvalue weighted by atomic mass is 35.5. The van der Waals surface area contributed by atoms with Gasteiger partial charge in [0.15, 0.2) is 0 Å². The quantitative estimate of drug-likeness (QED) is 0.367. The van der Waals surface area contributed by atoms with Crippen molar-refractivity contribution in [1.82, 2.24) is 9.78 Å². The van der Waals surface area contributed by atoms with E-state index in [2.05, 4.69) is 10.4 Å². The Morgan fingerprint density at radius 3 is 2.37 bits per heavy atom. The minimum atomic E-state index is -4.52. The summed E-state index contributed by atoms with van der Waals surface area (Å²) in [5, 5.41) is 7.24. The predicted molar refractivity (Wildman–Crippen MR) is 125 cm³/mol. The third-order valence-electron chi connectivity index (χ3n) is 4.90. The van der Waals surface area contributed by atoms with Crippen molar-refractivity contribution in [2.75, 3.05) is 5.32 Å². The fraction of sp³-hybridized carbons (Fsp3) is 0.0800. The molecule has 0 aliphatic carbocycles. The predicted octanol–water partition coefficient (Wildman–Crippen LogP) is 5.74. The summed E-state index contributed by atoms with van der Waals surface area (Å²) >= 11 is 5.87. The highest BCUT2D eigenvalue weighted by Gasteiger charge is 2.30. The summed E-state index contributed by atoms with van der Waals surface area (Å²) in [5.41, 5.74) is 0.165. The maximum atomic E-state index is 12.9. The van der Waals surface area contributed by atoms with Crippen LogP contribution in [-0.4, -0.2) is 15.7 Å². The van der Waals surface area contributed by atoms with E-state index >= 15 is 0 Å². The van der Waals surface area contributed by atoms with Crippen LogP contribution in [0.4, 0.5) is 18.9 Å². The second kappa shape index (κ2) is 10.0. The van der Waals surface area contributed by atoms with E-state index in [4.69, 9.17) is 16.3 Å². The molecule has 0 saturated heterocycles. The van der Waals surface area contributed by atoms with Crippen LogP contribution in [0.3, 0.4) is 0 Å². The average molecular weight is 500 g/mol. The lowest BCUT2D eigenvalue weighted by Gasteiger charge is -2.11. The molecule has 0 radical (unpaired) electrons. The number of benzene rings is 3. The molecule has 0 aliphatic rings. The minimum absolute atomic E-state index is 0.0114. The largest absolute Gasteiger partial charge is 0.472 e. The van der Waals surface area contributed by atoms with Crippen LogP contribution in [-0.2, 0) is 12.8 Å². The molecule has 1 amide bonds. The smallest absolute Gasteiger partial charge is 0.416 e. The summed E-state index contributed by atoms with van der Waals surface area (Å²) in [5.74, 6) is -0.387. The van der Waals surface area contributed by atoms with Crippen molar-refractivity contribution in [2.45, 2.75) is 12.8 Å². The fourth-order valence-corrected chi connectivity index (χ4v) is 3.25.